The first-order valence-corrected chi connectivity index (χ1v) is 4.60. The minimum atomic E-state index is -0.851. The van der Waals surface area contributed by atoms with Crippen molar-refractivity contribution in [2.75, 3.05) is 6.61 Å². The highest BCUT2D eigenvalue weighted by molar-refractivity contribution is 6.30. The van der Waals surface area contributed by atoms with Crippen LogP contribution in [0.4, 0.5) is 0 Å². The van der Waals surface area contributed by atoms with Crippen molar-refractivity contribution in [1.29, 1.82) is 0 Å². The van der Waals surface area contributed by atoms with Crippen LogP contribution in [0.15, 0.2) is 24.3 Å². The summed E-state index contributed by atoms with van der Waals surface area (Å²) in [4.78, 5) is 10.2. The number of hydrogen-bond acceptors (Lipinski definition) is 2. The standard InChI is InChI=1S/C10H11ClO3/c11-9-3-1-2-8(6-9)7-14-5-4-10(12)13/h1-3,6H,4-5,7H2,(H,12,13). The summed E-state index contributed by atoms with van der Waals surface area (Å²) in [5, 5.41) is 9.01. The zero-order chi connectivity index (χ0) is 10.4. The maximum absolute atomic E-state index is 10.2. The van der Waals surface area contributed by atoms with Crippen molar-refractivity contribution in [3.63, 3.8) is 0 Å². The smallest absolute Gasteiger partial charge is 0.305 e. The molecule has 0 aliphatic heterocycles. The van der Waals surface area contributed by atoms with Crippen molar-refractivity contribution in [3.05, 3.63) is 34.9 Å². The minimum Gasteiger partial charge on any atom is -0.481 e. The Balaban J connectivity index is 2.28. The van der Waals surface area contributed by atoms with E-state index in [9.17, 15) is 4.79 Å². The molecule has 0 fully saturated rings. The third kappa shape index (κ3) is 4.25. The predicted molar refractivity (Wildman–Crippen MR) is 53.4 cm³/mol. The lowest BCUT2D eigenvalue weighted by Crippen LogP contribution is -2.02. The SMILES string of the molecule is O=C(O)CCOCc1cccc(Cl)c1. The van der Waals surface area contributed by atoms with E-state index in [2.05, 4.69) is 0 Å². The van der Waals surface area contributed by atoms with Crippen LogP contribution in [-0.2, 0) is 16.1 Å². The van der Waals surface area contributed by atoms with Gasteiger partial charge < -0.3 is 9.84 Å². The van der Waals surface area contributed by atoms with Crippen molar-refractivity contribution in [2.24, 2.45) is 0 Å². The van der Waals surface area contributed by atoms with Gasteiger partial charge >= 0.3 is 5.97 Å². The molecule has 1 aromatic rings. The molecule has 1 N–H and O–H groups in total. The molecule has 0 saturated carbocycles. The van der Waals surface area contributed by atoms with Gasteiger partial charge in [-0.2, -0.15) is 0 Å². The summed E-state index contributed by atoms with van der Waals surface area (Å²) in [5.41, 5.74) is 0.947. The maximum atomic E-state index is 10.2. The topological polar surface area (TPSA) is 46.5 Å². The summed E-state index contributed by atoms with van der Waals surface area (Å²) >= 11 is 5.76. The van der Waals surface area contributed by atoms with E-state index in [1.165, 1.54) is 0 Å². The number of carbonyl (C=O) groups is 1. The van der Waals surface area contributed by atoms with Gasteiger partial charge in [-0.15, -0.1) is 0 Å². The summed E-state index contributed by atoms with van der Waals surface area (Å²) < 4.78 is 5.15. The van der Waals surface area contributed by atoms with Crippen molar-refractivity contribution < 1.29 is 14.6 Å². The lowest BCUT2D eigenvalue weighted by molar-refractivity contribution is -0.138. The summed E-state index contributed by atoms with van der Waals surface area (Å²) in [6.07, 6.45) is 0.0283. The molecule has 3 nitrogen and oxygen atoms in total. The molecule has 0 spiro atoms. The van der Waals surface area contributed by atoms with Gasteiger partial charge in [0.2, 0.25) is 0 Å². The Hall–Kier alpha value is -1.06. The van der Waals surface area contributed by atoms with Crippen LogP contribution < -0.4 is 0 Å². The van der Waals surface area contributed by atoms with E-state index in [1.54, 1.807) is 12.1 Å². The first-order chi connectivity index (χ1) is 6.68. The number of rotatable bonds is 5. The molecule has 0 heterocycles. The van der Waals surface area contributed by atoms with E-state index in [-0.39, 0.29) is 13.0 Å². The molecule has 0 amide bonds. The normalized spacial score (nSPS) is 10.1. The molecule has 1 aromatic carbocycles. The largest absolute Gasteiger partial charge is 0.481 e. The van der Waals surface area contributed by atoms with Crippen LogP contribution in [0.1, 0.15) is 12.0 Å². The average Bonchev–Trinajstić information content (AvgIpc) is 2.12. The number of aliphatic carboxylic acids is 1. The molecular formula is C10H11ClO3. The Morgan fingerprint density at radius 2 is 2.29 bits per heavy atom. The Labute approximate surface area is 87.3 Å². The van der Waals surface area contributed by atoms with Crippen LogP contribution in [0.25, 0.3) is 0 Å². The molecule has 0 unspecified atom stereocenters. The van der Waals surface area contributed by atoms with E-state index in [4.69, 9.17) is 21.4 Å². The van der Waals surface area contributed by atoms with Gasteiger partial charge in [0.15, 0.2) is 0 Å². The van der Waals surface area contributed by atoms with Crippen molar-refractivity contribution in [2.45, 2.75) is 13.0 Å². The van der Waals surface area contributed by atoms with Crippen LogP contribution in [0.2, 0.25) is 5.02 Å². The first-order valence-electron chi connectivity index (χ1n) is 4.22. The average molecular weight is 215 g/mol. The molecule has 0 aliphatic rings. The Bertz CT molecular complexity index is 312. The van der Waals surface area contributed by atoms with E-state index >= 15 is 0 Å². The molecule has 0 aliphatic carbocycles. The Morgan fingerprint density at radius 1 is 1.50 bits per heavy atom. The molecule has 4 heteroatoms. The van der Waals surface area contributed by atoms with Gasteiger partial charge in [0.05, 0.1) is 19.6 Å². The quantitative estimate of drug-likeness (QED) is 0.766. The molecule has 0 bridgehead atoms. The lowest BCUT2D eigenvalue weighted by Gasteiger charge is -2.02. The number of ether oxygens (including phenoxy) is 1. The third-order valence-corrected chi connectivity index (χ3v) is 1.85. The Kier molecular flexibility index (Phi) is 4.43. The van der Waals surface area contributed by atoms with Gasteiger partial charge in [-0.05, 0) is 17.7 Å². The summed E-state index contributed by atoms with van der Waals surface area (Å²) in [7, 11) is 0. The molecule has 0 aromatic heterocycles. The number of carboxylic acids is 1. The third-order valence-electron chi connectivity index (χ3n) is 1.62. The van der Waals surface area contributed by atoms with Gasteiger partial charge in [0.1, 0.15) is 0 Å². The molecule has 14 heavy (non-hydrogen) atoms. The van der Waals surface area contributed by atoms with Crippen LogP contribution >= 0.6 is 11.6 Å². The second kappa shape index (κ2) is 5.62. The fraction of sp³-hybridized carbons (Fsp3) is 0.300. The molecular weight excluding hydrogens is 204 g/mol. The monoisotopic (exact) mass is 214 g/mol. The van der Waals surface area contributed by atoms with E-state index in [0.29, 0.717) is 11.6 Å². The number of halogens is 1. The highest BCUT2D eigenvalue weighted by Crippen LogP contribution is 2.11. The van der Waals surface area contributed by atoms with Crippen molar-refractivity contribution >= 4 is 17.6 Å². The Morgan fingerprint density at radius 3 is 2.93 bits per heavy atom. The zero-order valence-electron chi connectivity index (χ0n) is 7.57. The molecule has 0 saturated heterocycles. The van der Waals surface area contributed by atoms with Gasteiger partial charge in [-0.3, -0.25) is 4.79 Å². The first kappa shape index (κ1) is 11.0. The highest BCUT2D eigenvalue weighted by atomic mass is 35.5. The fourth-order valence-corrected chi connectivity index (χ4v) is 1.19. The van der Waals surface area contributed by atoms with Gasteiger partial charge in [0.25, 0.3) is 0 Å². The molecule has 0 radical (unpaired) electrons. The van der Waals surface area contributed by atoms with Crippen LogP contribution in [0.3, 0.4) is 0 Å². The number of benzene rings is 1. The summed E-state index contributed by atoms with van der Waals surface area (Å²) in [5.74, 6) is -0.851. The van der Waals surface area contributed by atoms with E-state index in [1.807, 2.05) is 12.1 Å². The number of hydrogen-bond donors (Lipinski definition) is 1. The second-order valence-corrected chi connectivity index (χ2v) is 3.26. The molecule has 0 atom stereocenters. The van der Waals surface area contributed by atoms with Crippen LogP contribution in [0.5, 0.6) is 0 Å². The molecule has 76 valence electrons. The van der Waals surface area contributed by atoms with Crippen LogP contribution in [-0.4, -0.2) is 17.7 Å². The van der Waals surface area contributed by atoms with Gasteiger partial charge in [0, 0.05) is 5.02 Å². The fourth-order valence-electron chi connectivity index (χ4n) is 0.976. The second-order valence-electron chi connectivity index (χ2n) is 2.83. The van der Waals surface area contributed by atoms with E-state index in [0.717, 1.165) is 5.56 Å². The lowest BCUT2D eigenvalue weighted by atomic mass is 10.2. The van der Waals surface area contributed by atoms with Gasteiger partial charge in [-0.25, -0.2) is 0 Å². The van der Waals surface area contributed by atoms with Crippen molar-refractivity contribution in [1.82, 2.24) is 0 Å². The van der Waals surface area contributed by atoms with Gasteiger partial charge in [-0.1, -0.05) is 23.7 Å². The maximum Gasteiger partial charge on any atom is 0.305 e. The van der Waals surface area contributed by atoms with E-state index < -0.39 is 5.97 Å². The zero-order valence-corrected chi connectivity index (χ0v) is 8.33. The van der Waals surface area contributed by atoms with Crippen molar-refractivity contribution in [3.8, 4) is 0 Å². The summed E-state index contributed by atoms with van der Waals surface area (Å²) in [6, 6.07) is 7.29. The summed E-state index contributed by atoms with van der Waals surface area (Å²) in [6.45, 7) is 0.621. The van der Waals surface area contributed by atoms with Crippen LogP contribution in [0, 0.1) is 0 Å². The number of carboxylic acid groups (broad SMARTS) is 1. The highest BCUT2D eigenvalue weighted by Gasteiger charge is 1.97. The molecule has 1 rings (SSSR count). The minimum absolute atomic E-state index is 0.0283. The predicted octanol–water partition coefficient (Wildman–Crippen LogP) is 2.33.